The predicted octanol–water partition coefficient (Wildman–Crippen LogP) is 1.14. The van der Waals surface area contributed by atoms with Gasteiger partial charge >= 0.3 is 0 Å². The van der Waals surface area contributed by atoms with Crippen LogP contribution in [0.15, 0.2) is 0 Å². The fourth-order valence-corrected chi connectivity index (χ4v) is 2.35. The number of hydrogen-bond acceptors (Lipinski definition) is 3. The Labute approximate surface area is 97.6 Å². The second-order valence-electron chi connectivity index (χ2n) is 4.52. The van der Waals surface area contributed by atoms with E-state index in [1.165, 1.54) is 0 Å². The average Bonchev–Trinajstić information content (AvgIpc) is 2.35. The van der Waals surface area contributed by atoms with Gasteiger partial charge in [0.05, 0.1) is 17.9 Å². The summed E-state index contributed by atoms with van der Waals surface area (Å²) >= 11 is 0. The lowest BCUT2D eigenvalue weighted by Crippen LogP contribution is -2.48. The molecule has 1 aliphatic rings. The van der Waals surface area contributed by atoms with Crippen molar-refractivity contribution >= 4 is 5.91 Å². The van der Waals surface area contributed by atoms with Gasteiger partial charge in [-0.15, -0.1) is 0 Å². The Bertz CT molecular complexity index is 276. The SMILES string of the molecule is CCC1(C(=O)N(C)CCC#N)CCNCC1. The maximum absolute atomic E-state index is 12.3. The van der Waals surface area contributed by atoms with Crippen molar-refractivity contribution in [2.24, 2.45) is 5.41 Å². The van der Waals surface area contributed by atoms with Crippen molar-refractivity contribution in [1.82, 2.24) is 10.2 Å². The Morgan fingerprint density at radius 1 is 1.50 bits per heavy atom. The molecule has 1 heterocycles. The van der Waals surface area contributed by atoms with Gasteiger partial charge in [0.1, 0.15) is 0 Å². The maximum atomic E-state index is 12.3. The summed E-state index contributed by atoms with van der Waals surface area (Å²) in [4.78, 5) is 14.1. The van der Waals surface area contributed by atoms with E-state index in [0.717, 1.165) is 32.4 Å². The second-order valence-corrected chi connectivity index (χ2v) is 4.52. The minimum absolute atomic E-state index is 0.185. The highest BCUT2D eigenvalue weighted by Crippen LogP contribution is 2.34. The van der Waals surface area contributed by atoms with Crippen LogP contribution in [0.4, 0.5) is 0 Å². The molecule has 1 amide bonds. The molecule has 1 aliphatic heterocycles. The molecule has 0 radical (unpaired) electrons. The number of rotatable bonds is 4. The van der Waals surface area contributed by atoms with E-state index < -0.39 is 0 Å². The molecule has 4 nitrogen and oxygen atoms in total. The van der Waals surface area contributed by atoms with E-state index in [1.807, 2.05) is 0 Å². The van der Waals surface area contributed by atoms with Gasteiger partial charge in [0.15, 0.2) is 0 Å². The first kappa shape index (κ1) is 13.0. The molecular formula is C12H21N3O. The Balaban J connectivity index is 2.64. The van der Waals surface area contributed by atoms with Crippen LogP contribution < -0.4 is 5.32 Å². The number of carbonyl (C=O) groups excluding carboxylic acids is 1. The van der Waals surface area contributed by atoms with Gasteiger partial charge in [0.2, 0.25) is 5.91 Å². The lowest BCUT2D eigenvalue weighted by atomic mass is 9.75. The number of nitrogens with one attached hydrogen (secondary N) is 1. The van der Waals surface area contributed by atoms with E-state index in [1.54, 1.807) is 11.9 Å². The van der Waals surface area contributed by atoms with Crippen molar-refractivity contribution in [2.75, 3.05) is 26.7 Å². The van der Waals surface area contributed by atoms with Gasteiger partial charge in [-0.3, -0.25) is 4.79 Å². The second kappa shape index (κ2) is 5.86. The standard InChI is InChI=1S/C12H21N3O/c1-3-12(5-8-14-9-6-12)11(16)15(2)10-4-7-13/h14H,3-6,8-10H2,1-2H3. The van der Waals surface area contributed by atoms with Gasteiger partial charge in [0.25, 0.3) is 0 Å². The third-order valence-corrected chi connectivity index (χ3v) is 3.60. The lowest BCUT2D eigenvalue weighted by molar-refractivity contribution is -0.142. The molecule has 1 fully saturated rings. The Morgan fingerprint density at radius 2 is 2.12 bits per heavy atom. The fraction of sp³-hybridized carbons (Fsp3) is 0.833. The predicted molar refractivity (Wildman–Crippen MR) is 62.7 cm³/mol. The minimum Gasteiger partial charge on any atom is -0.344 e. The van der Waals surface area contributed by atoms with Crippen LogP contribution in [0.3, 0.4) is 0 Å². The normalized spacial score (nSPS) is 18.8. The van der Waals surface area contributed by atoms with Gasteiger partial charge in [0, 0.05) is 13.6 Å². The quantitative estimate of drug-likeness (QED) is 0.777. The first-order chi connectivity index (χ1) is 7.66. The molecule has 0 saturated carbocycles. The van der Waals surface area contributed by atoms with E-state index in [9.17, 15) is 4.79 Å². The van der Waals surface area contributed by atoms with Crippen molar-refractivity contribution < 1.29 is 4.79 Å². The fourth-order valence-electron chi connectivity index (χ4n) is 2.35. The molecular weight excluding hydrogens is 202 g/mol. The van der Waals surface area contributed by atoms with Crippen molar-refractivity contribution in [1.29, 1.82) is 5.26 Å². The Hall–Kier alpha value is -1.08. The Morgan fingerprint density at radius 3 is 2.62 bits per heavy atom. The first-order valence-electron chi connectivity index (χ1n) is 5.99. The molecule has 0 atom stereocenters. The summed E-state index contributed by atoms with van der Waals surface area (Å²) in [5.41, 5.74) is -0.185. The van der Waals surface area contributed by atoms with Gasteiger partial charge in [-0.1, -0.05) is 6.92 Å². The summed E-state index contributed by atoms with van der Waals surface area (Å²) in [5, 5.41) is 11.8. The summed E-state index contributed by atoms with van der Waals surface area (Å²) in [6.45, 7) is 4.48. The number of hydrogen-bond donors (Lipinski definition) is 1. The van der Waals surface area contributed by atoms with E-state index in [4.69, 9.17) is 5.26 Å². The van der Waals surface area contributed by atoms with Crippen LogP contribution in [0.25, 0.3) is 0 Å². The van der Waals surface area contributed by atoms with Gasteiger partial charge < -0.3 is 10.2 Å². The minimum atomic E-state index is -0.185. The summed E-state index contributed by atoms with van der Waals surface area (Å²) in [6.07, 6.45) is 3.14. The smallest absolute Gasteiger partial charge is 0.228 e. The summed E-state index contributed by atoms with van der Waals surface area (Å²) < 4.78 is 0. The van der Waals surface area contributed by atoms with Crippen molar-refractivity contribution in [3.63, 3.8) is 0 Å². The molecule has 0 unspecified atom stereocenters. The van der Waals surface area contributed by atoms with Crippen LogP contribution in [0, 0.1) is 16.7 Å². The molecule has 1 saturated heterocycles. The third-order valence-electron chi connectivity index (χ3n) is 3.60. The number of nitrogens with zero attached hydrogens (tertiary/aromatic N) is 2. The molecule has 1 N–H and O–H groups in total. The molecule has 1 rings (SSSR count). The largest absolute Gasteiger partial charge is 0.344 e. The highest BCUT2D eigenvalue weighted by molar-refractivity contribution is 5.82. The van der Waals surface area contributed by atoms with E-state index in [2.05, 4.69) is 18.3 Å². The molecule has 0 spiro atoms. The maximum Gasteiger partial charge on any atom is 0.228 e. The first-order valence-corrected chi connectivity index (χ1v) is 5.99. The monoisotopic (exact) mass is 223 g/mol. The summed E-state index contributed by atoms with van der Waals surface area (Å²) in [7, 11) is 1.80. The zero-order valence-electron chi connectivity index (χ0n) is 10.3. The van der Waals surface area contributed by atoms with Crippen LogP contribution in [0.2, 0.25) is 0 Å². The van der Waals surface area contributed by atoms with Crippen LogP contribution in [-0.4, -0.2) is 37.5 Å². The molecule has 16 heavy (non-hydrogen) atoms. The number of carbonyl (C=O) groups is 1. The summed E-state index contributed by atoms with van der Waals surface area (Å²) in [5.74, 6) is 0.215. The van der Waals surface area contributed by atoms with Crippen LogP contribution in [0.5, 0.6) is 0 Å². The number of nitriles is 1. The lowest BCUT2D eigenvalue weighted by Gasteiger charge is -2.38. The highest BCUT2D eigenvalue weighted by atomic mass is 16.2. The van der Waals surface area contributed by atoms with Gasteiger partial charge in [-0.05, 0) is 32.4 Å². The Kier molecular flexibility index (Phi) is 4.75. The van der Waals surface area contributed by atoms with Gasteiger partial charge in [-0.25, -0.2) is 0 Å². The molecule has 4 heteroatoms. The number of amides is 1. The average molecular weight is 223 g/mol. The van der Waals surface area contributed by atoms with Crippen LogP contribution >= 0.6 is 0 Å². The molecule has 0 aromatic carbocycles. The van der Waals surface area contributed by atoms with Crippen molar-refractivity contribution in [3.05, 3.63) is 0 Å². The van der Waals surface area contributed by atoms with Crippen molar-refractivity contribution in [3.8, 4) is 6.07 Å². The molecule has 0 aromatic heterocycles. The molecule has 0 aromatic rings. The van der Waals surface area contributed by atoms with E-state index in [0.29, 0.717) is 13.0 Å². The van der Waals surface area contributed by atoms with Crippen LogP contribution in [0.1, 0.15) is 32.6 Å². The van der Waals surface area contributed by atoms with Crippen LogP contribution in [-0.2, 0) is 4.79 Å². The molecule has 0 aliphatic carbocycles. The number of piperidine rings is 1. The van der Waals surface area contributed by atoms with Gasteiger partial charge in [-0.2, -0.15) is 5.26 Å². The highest BCUT2D eigenvalue weighted by Gasteiger charge is 2.39. The summed E-state index contributed by atoms with van der Waals surface area (Å²) in [6, 6.07) is 2.08. The topological polar surface area (TPSA) is 56.1 Å². The molecule has 0 bridgehead atoms. The zero-order valence-corrected chi connectivity index (χ0v) is 10.3. The van der Waals surface area contributed by atoms with E-state index >= 15 is 0 Å². The van der Waals surface area contributed by atoms with Crippen molar-refractivity contribution in [2.45, 2.75) is 32.6 Å². The zero-order chi connectivity index (χ0) is 12.0. The third kappa shape index (κ3) is 2.73. The molecule has 90 valence electrons. The van der Waals surface area contributed by atoms with E-state index in [-0.39, 0.29) is 11.3 Å².